The largest absolute Gasteiger partial charge is 1.00 e. The molecule has 10 heteroatoms. The molecule has 2 amide bonds. The van der Waals surface area contributed by atoms with Gasteiger partial charge in [-0.1, -0.05) is 32.7 Å². The molecule has 1 heterocycles. The van der Waals surface area contributed by atoms with Gasteiger partial charge in [-0.25, -0.2) is 0 Å². The average molecular weight is 412 g/mol. The van der Waals surface area contributed by atoms with Crippen LogP contribution < -0.4 is 67.2 Å². The zero-order valence-electron chi connectivity index (χ0n) is 14.5. The number of nitrogens with two attached hydrogens (primary N) is 1. The number of ether oxygens (including phenoxy) is 1. The van der Waals surface area contributed by atoms with Gasteiger partial charge in [0, 0.05) is 5.56 Å². The molecule has 4 N–H and O–H groups in total. The summed E-state index contributed by atoms with van der Waals surface area (Å²) in [7, 11) is 0. The SMILES string of the molecule is C.CC1(C)Oc2ccc(C#N)cc2C(NC(=O)S)C1O.NC(=O)S.[H-].[K+]. The second-order valence-electron chi connectivity index (χ2n) is 5.28. The maximum absolute atomic E-state index is 11.2. The van der Waals surface area contributed by atoms with Gasteiger partial charge in [0.2, 0.25) is 0 Å². The topological polar surface area (TPSA) is 125 Å². The Balaban J connectivity index is -0.000000689. The first-order valence-electron chi connectivity index (χ1n) is 6.47. The number of aliphatic hydroxyl groups is 1. The Kier molecular flexibility index (Phi) is 12.4. The summed E-state index contributed by atoms with van der Waals surface area (Å²) in [6, 6.07) is 6.26. The number of aliphatic hydroxyl groups excluding tert-OH is 1. The van der Waals surface area contributed by atoms with Crippen LogP contribution in [0.15, 0.2) is 18.2 Å². The Hall–Kier alpha value is -0.254. The average Bonchev–Trinajstić information content (AvgIpc) is 2.42. The summed E-state index contributed by atoms with van der Waals surface area (Å²) in [5.41, 5.74) is 4.51. The fraction of sp³-hybridized carbons (Fsp3) is 0.400. The molecule has 0 saturated heterocycles. The number of hydrogen-bond donors (Lipinski definition) is 5. The molecular weight excluding hydrogens is 389 g/mol. The van der Waals surface area contributed by atoms with Crippen LogP contribution >= 0.6 is 25.3 Å². The van der Waals surface area contributed by atoms with Gasteiger partial charge in [0.25, 0.3) is 10.5 Å². The third-order valence-corrected chi connectivity index (χ3v) is 3.28. The quantitative estimate of drug-likeness (QED) is 0.315. The van der Waals surface area contributed by atoms with E-state index in [0.717, 1.165) is 0 Å². The molecule has 1 aromatic carbocycles. The predicted molar refractivity (Wildman–Crippen MR) is 98.5 cm³/mol. The molecule has 1 aromatic rings. The molecular formula is C15H22KN3O4S2. The summed E-state index contributed by atoms with van der Waals surface area (Å²) in [6.45, 7) is 3.47. The van der Waals surface area contributed by atoms with Crippen LogP contribution in [0.5, 0.6) is 5.75 Å². The number of rotatable bonds is 1. The van der Waals surface area contributed by atoms with E-state index in [1.165, 1.54) is 0 Å². The van der Waals surface area contributed by atoms with E-state index < -0.39 is 28.2 Å². The zero-order valence-corrected chi connectivity index (χ0v) is 18.4. The van der Waals surface area contributed by atoms with Crippen LogP contribution in [-0.2, 0) is 0 Å². The molecule has 0 saturated carbocycles. The molecule has 2 atom stereocenters. The first-order chi connectivity index (χ1) is 10.6. The fourth-order valence-corrected chi connectivity index (χ4v) is 2.30. The van der Waals surface area contributed by atoms with E-state index in [-0.39, 0.29) is 60.2 Å². The molecule has 134 valence electrons. The van der Waals surface area contributed by atoms with E-state index in [1.54, 1.807) is 32.0 Å². The van der Waals surface area contributed by atoms with Crippen molar-refractivity contribution in [2.75, 3.05) is 0 Å². The minimum absolute atomic E-state index is 0. The van der Waals surface area contributed by atoms with Crippen molar-refractivity contribution in [2.24, 2.45) is 5.73 Å². The molecule has 1 aliphatic rings. The third-order valence-electron chi connectivity index (χ3n) is 3.15. The van der Waals surface area contributed by atoms with Gasteiger partial charge in [-0.3, -0.25) is 9.59 Å². The molecule has 25 heavy (non-hydrogen) atoms. The minimum atomic E-state index is -0.940. The van der Waals surface area contributed by atoms with Gasteiger partial charge in [0.05, 0.1) is 17.7 Å². The molecule has 0 aromatic heterocycles. The van der Waals surface area contributed by atoms with E-state index in [0.29, 0.717) is 16.9 Å². The van der Waals surface area contributed by atoms with Crippen molar-refractivity contribution in [3.05, 3.63) is 29.3 Å². The number of carbonyl (C=O) groups is 2. The van der Waals surface area contributed by atoms with E-state index >= 15 is 0 Å². The molecule has 0 fully saturated rings. The Morgan fingerprint density at radius 3 is 2.40 bits per heavy atom. The number of nitriles is 1. The number of thiol groups is 2. The molecule has 1 aliphatic heterocycles. The van der Waals surface area contributed by atoms with Crippen LogP contribution in [0.1, 0.15) is 39.9 Å². The molecule has 0 aliphatic carbocycles. The number of hydrogen-bond acceptors (Lipinski definition) is 5. The third kappa shape index (κ3) is 7.88. The van der Waals surface area contributed by atoms with Crippen LogP contribution in [0.2, 0.25) is 0 Å². The standard InChI is InChI=1S/C13H14N2O3S.CH3NOS.CH4.K.H/c1-13(2)11(16)10(15-12(17)19)8-5-7(6-14)3-4-9(8)18-13;2-1(3)4;;;/h3-5,10-11,16H,1-2H3,(H2,15,17,19);(H3,2,3,4);1H4;;/q;;;+1;-1. The maximum Gasteiger partial charge on any atom is 1.00 e. The first kappa shape index (κ1) is 27.0. The summed E-state index contributed by atoms with van der Waals surface area (Å²) < 4.78 is 5.71. The van der Waals surface area contributed by atoms with Crippen molar-refractivity contribution in [1.29, 1.82) is 5.26 Å². The second-order valence-corrected chi connectivity index (χ2v) is 6.13. The number of carbonyl (C=O) groups excluding carboxylic acids is 2. The Bertz CT molecular complexity index is 667. The number of fused-ring (bicyclic) bond motifs is 1. The Labute approximate surface area is 202 Å². The van der Waals surface area contributed by atoms with Gasteiger partial charge in [0.15, 0.2) is 0 Å². The van der Waals surface area contributed by atoms with E-state index in [9.17, 15) is 9.90 Å². The van der Waals surface area contributed by atoms with Crippen molar-refractivity contribution < 1.29 is 72.2 Å². The van der Waals surface area contributed by atoms with Gasteiger partial charge >= 0.3 is 51.4 Å². The van der Waals surface area contributed by atoms with Gasteiger partial charge in [-0.05, 0) is 32.0 Å². The van der Waals surface area contributed by atoms with Gasteiger partial charge in [0.1, 0.15) is 17.5 Å². The van der Waals surface area contributed by atoms with Crippen molar-refractivity contribution >= 4 is 35.7 Å². The molecule has 0 radical (unpaired) electrons. The van der Waals surface area contributed by atoms with Crippen LogP contribution in [0.25, 0.3) is 0 Å². The zero-order chi connectivity index (χ0) is 17.8. The van der Waals surface area contributed by atoms with Crippen LogP contribution in [0, 0.1) is 11.3 Å². The number of amides is 2. The second kappa shape index (κ2) is 11.5. The molecule has 0 bridgehead atoms. The minimum Gasteiger partial charge on any atom is -1.00 e. The number of primary amides is 1. The summed E-state index contributed by atoms with van der Waals surface area (Å²) >= 11 is 6.78. The van der Waals surface area contributed by atoms with E-state index in [1.807, 2.05) is 6.07 Å². The Morgan fingerprint density at radius 1 is 1.44 bits per heavy atom. The van der Waals surface area contributed by atoms with E-state index in [2.05, 4.69) is 36.3 Å². The van der Waals surface area contributed by atoms with Crippen LogP contribution in [0.4, 0.5) is 9.59 Å². The summed E-state index contributed by atoms with van der Waals surface area (Å²) in [6.07, 6.45) is -0.940. The van der Waals surface area contributed by atoms with Crippen LogP contribution in [0.3, 0.4) is 0 Å². The van der Waals surface area contributed by atoms with Gasteiger partial charge in [-0.15, -0.1) is 0 Å². The normalized spacial score (nSPS) is 19.0. The number of nitrogens with zero attached hydrogens (tertiary/aromatic N) is 1. The van der Waals surface area contributed by atoms with Gasteiger partial charge < -0.3 is 22.3 Å². The molecule has 0 spiro atoms. The van der Waals surface area contributed by atoms with Gasteiger partial charge in [-0.2, -0.15) is 5.26 Å². The summed E-state index contributed by atoms with van der Waals surface area (Å²) in [4.78, 5) is 20.3. The monoisotopic (exact) mass is 411 g/mol. The van der Waals surface area contributed by atoms with Crippen molar-refractivity contribution in [2.45, 2.75) is 39.0 Å². The first-order valence-corrected chi connectivity index (χ1v) is 7.37. The fourth-order valence-electron chi connectivity index (χ4n) is 2.16. The smallest absolute Gasteiger partial charge is 1.00 e. The Morgan fingerprint density at radius 2 is 1.96 bits per heavy atom. The summed E-state index contributed by atoms with van der Waals surface area (Å²) in [5, 5.41) is 20.6. The van der Waals surface area contributed by atoms with Crippen molar-refractivity contribution in [3.8, 4) is 11.8 Å². The van der Waals surface area contributed by atoms with Crippen LogP contribution in [-0.4, -0.2) is 27.3 Å². The molecule has 7 nitrogen and oxygen atoms in total. The number of benzene rings is 1. The number of nitrogens with one attached hydrogen (secondary N) is 1. The van der Waals surface area contributed by atoms with Crippen molar-refractivity contribution in [1.82, 2.24) is 5.32 Å². The molecule has 2 unspecified atom stereocenters. The van der Waals surface area contributed by atoms with E-state index in [4.69, 9.17) is 14.8 Å². The predicted octanol–water partition coefficient (Wildman–Crippen LogP) is -0.482. The van der Waals surface area contributed by atoms with Crippen molar-refractivity contribution in [3.63, 3.8) is 0 Å². The maximum atomic E-state index is 11.2. The molecule has 2 rings (SSSR count). The summed E-state index contributed by atoms with van der Waals surface area (Å²) in [5.74, 6) is 0.543.